The topological polar surface area (TPSA) is 43.4 Å². The fraction of sp³-hybridized carbons (Fsp3) is 0.438. The van der Waals surface area contributed by atoms with Crippen molar-refractivity contribution >= 4 is 11.3 Å². The smallest absolute Gasteiger partial charge is 0.140 e. The molecule has 0 saturated heterocycles. The van der Waals surface area contributed by atoms with E-state index >= 15 is 0 Å². The number of benzene rings is 1. The maximum atomic E-state index is 5.80. The Hall–Kier alpha value is -1.43. The molecule has 2 aromatic rings. The Morgan fingerprint density at radius 2 is 1.95 bits per heavy atom. The van der Waals surface area contributed by atoms with Crippen LogP contribution in [0.5, 0.6) is 5.75 Å². The molecule has 114 valence electrons. The first-order valence-corrected chi connectivity index (χ1v) is 7.91. The van der Waals surface area contributed by atoms with Gasteiger partial charge < -0.3 is 14.8 Å². The van der Waals surface area contributed by atoms with Crippen LogP contribution >= 0.6 is 11.3 Å². The van der Waals surface area contributed by atoms with Gasteiger partial charge in [0.15, 0.2) is 0 Å². The van der Waals surface area contributed by atoms with E-state index in [0.717, 1.165) is 29.4 Å². The highest BCUT2D eigenvalue weighted by atomic mass is 32.1. The molecule has 1 N–H and O–H groups in total. The normalized spacial score (nSPS) is 10.8. The Bertz CT molecular complexity index is 528. The van der Waals surface area contributed by atoms with Crippen LogP contribution in [-0.2, 0) is 30.9 Å². The van der Waals surface area contributed by atoms with Gasteiger partial charge in [-0.3, -0.25) is 0 Å². The predicted octanol–water partition coefficient (Wildman–Crippen LogP) is 3.15. The van der Waals surface area contributed by atoms with Gasteiger partial charge in [0.1, 0.15) is 17.4 Å². The van der Waals surface area contributed by atoms with Crippen LogP contribution in [0.3, 0.4) is 0 Å². The number of rotatable bonds is 8. The average Bonchev–Trinajstić information content (AvgIpc) is 2.89. The van der Waals surface area contributed by atoms with E-state index < -0.39 is 0 Å². The van der Waals surface area contributed by atoms with E-state index in [1.807, 2.05) is 19.2 Å². The first kappa shape index (κ1) is 15.9. The van der Waals surface area contributed by atoms with Crippen LogP contribution < -0.4 is 10.1 Å². The van der Waals surface area contributed by atoms with Gasteiger partial charge in [-0.15, -0.1) is 11.3 Å². The van der Waals surface area contributed by atoms with E-state index in [1.165, 1.54) is 10.4 Å². The summed E-state index contributed by atoms with van der Waals surface area (Å²) in [6.07, 6.45) is 1.04. The minimum atomic E-state index is 0.497. The standard InChI is InChI=1S/C16H22N2O2S/c1-4-12-5-7-13(8-6-12)20-11-16-18-14(10-19-3)15(21-16)9-17-2/h5-8,17H,4,9-11H2,1-3H3. The van der Waals surface area contributed by atoms with E-state index in [2.05, 4.69) is 29.4 Å². The van der Waals surface area contributed by atoms with Crippen LogP contribution in [0.1, 0.15) is 28.1 Å². The lowest BCUT2D eigenvalue weighted by atomic mass is 10.2. The molecule has 0 spiro atoms. The van der Waals surface area contributed by atoms with Crippen molar-refractivity contribution in [3.05, 3.63) is 45.4 Å². The molecule has 0 aliphatic carbocycles. The highest BCUT2D eigenvalue weighted by Crippen LogP contribution is 2.21. The summed E-state index contributed by atoms with van der Waals surface area (Å²) < 4.78 is 11.0. The molecule has 21 heavy (non-hydrogen) atoms. The highest BCUT2D eigenvalue weighted by molar-refractivity contribution is 7.11. The Labute approximate surface area is 130 Å². The molecular weight excluding hydrogens is 284 g/mol. The summed E-state index contributed by atoms with van der Waals surface area (Å²) in [6, 6.07) is 8.22. The molecular formula is C16H22N2O2S. The quantitative estimate of drug-likeness (QED) is 0.813. The summed E-state index contributed by atoms with van der Waals surface area (Å²) in [5, 5.41) is 4.14. The molecule has 1 aromatic carbocycles. The van der Waals surface area contributed by atoms with Gasteiger partial charge >= 0.3 is 0 Å². The summed E-state index contributed by atoms with van der Waals surface area (Å²) in [7, 11) is 3.62. The molecule has 0 radical (unpaired) electrons. The molecule has 5 heteroatoms. The summed E-state index contributed by atoms with van der Waals surface area (Å²) in [5.41, 5.74) is 2.31. The lowest BCUT2D eigenvalue weighted by Crippen LogP contribution is -2.06. The number of hydrogen-bond acceptors (Lipinski definition) is 5. The Morgan fingerprint density at radius 3 is 2.57 bits per heavy atom. The number of hydrogen-bond donors (Lipinski definition) is 1. The number of aromatic nitrogens is 1. The number of nitrogens with one attached hydrogen (secondary N) is 1. The summed E-state index contributed by atoms with van der Waals surface area (Å²) in [5.74, 6) is 0.880. The number of aryl methyl sites for hydroxylation is 1. The molecule has 0 atom stereocenters. The van der Waals surface area contributed by atoms with E-state index in [0.29, 0.717) is 13.2 Å². The molecule has 4 nitrogen and oxygen atoms in total. The SMILES string of the molecule is CCc1ccc(OCc2nc(COC)c(CNC)s2)cc1. The summed E-state index contributed by atoms with van der Waals surface area (Å²) in [6.45, 7) is 3.99. The molecule has 0 bridgehead atoms. The third-order valence-corrected chi connectivity index (χ3v) is 4.21. The van der Waals surface area contributed by atoms with E-state index in [1.54, 1.807) is 18.4 Å². The van der Waals surface area contributed by atoms with Crippen LogP contribution in [0.2, 0.25) is 0 Å². The fourth-order valence-corrected chi connectivity index (χ4v) is 3.01. The zero-order chi connectivity index (χ0) is 15.1. The lowest BCUT2D eigenvalue weighted by molar-refractivity contribution is 0.180. The summed E-state index contributed by atoms with van der Waals surface area (Å²) >= 11 is 1.67. The second-order valence-electron chi connectivity index (χ2n) is 4.73. The van der Waals surface area contributed by atoms with Crippen LogP contribution in [0, 0.1) is 0 Å². The Morgan fingerprint density at radius 1 is 1.19 bits per heavy atom. The average molecular weight is 306 g/mol. The third-order valence-electron chi connectivity index (χ3n) is 3.13. The largest absolute Gasteiger partial charge is 0.486 e. The van der Waals surface area contributed by atoms with Gasteiger partial charge in [0, 0.05) is 18.5 Å². The van der Waals surface area contributed by atoms with Crippen molar-refractivity contribution in [1.82, 2.24) is 10.3 Å². The summed E-state index contributed by atoms with van der Waals surface area (Å²) in [4.78, 5) is 5.80. The molecule has 0 aliphatic heterocycles. The third kappa shape index (κ3) is 4.52. The van der Waals surface area contributed by atoms with Gasteiger partial charge in [0.25, 0.3) is 0 Å². The van der Waals surface area contributed by atoms with Crippen LogP contribution in [0.15, 0.2) is 24.3 Å². The highest BCUT2D eigenvalue weighted by Gasteiger charge is 2.11. The van der Waals surface area contributed by atoms with Crippen molar-refractivity contribution < 1.29 is 9.47 Å². The van der Waals surface area contributed by atoms with Crippen LogP contribution in [0.4, 0.5) is 0 Å². The van der Waals surface area contributed by atoms with Gasteiger partial charge in [-0.2, -0.15) is 0 Å². The first-order chi connectivity index (χ1) is 10.3. The second-order valence-corrected chi connectivity index (χ2v) is 5.90. The predicted molar refractivity (Wildman–Crippen MR) is 85.7 cm³/mol. The van der Waals surface area contributed by atoms with Gasteiger partial charge in [-0.05, 0) is 31.2 Å². The van der Waals surface area contributed by atoms with Gasteiger partial charge in [0.2, 0.25) is 0 Å². The van der Waals surface area contributed by atoms with Crippen LogP contribution in [-0.4, -0.2) is 19.1 Å². The molecule has 0 aliphatic rings. The van der Waals surface area contributed by atoms with Crippen molar-refractivity contribution in [3.8, 4) is 5.75 Å². The zero-order valence-electron chi connectivity index (χ0n) is 12.8. The van der Waals surface area contributed by atoms with Gasteiger partial charge in [-0.1, -0.05) is 19.1 Å². The molecule has 2 rings (SSSR count). The molecule has 1 heterocycles. The van der Waals surface area contributed by atoms with Gasteiger partial charge in [0.05, 0.1) is 12.3 Å². The second kappa shape index (κ2) is 8.12. The molecule has 0 unspecified atom stereocenters. The minimum Gasteiger partial charge on any atom is -0.486 e. The van der Waals surface area contributed by atoms with Crippen molar-refractivity contribution in [1.29, 1.82) is 0 Å². The van der Waals surface area contributed by atoms with Crippen LogP contribution in [0.25, 0.3) is 0 Å². The minimum absolute atomic E-state index is 0.497. The Kier molecular flexibility index (Phi) is 6.17. The van der Waals surface area contributed by atoms with Crippen molar-refractivity contribution in [3.63, 3.8) is 0 Å². The molecule has 0 fully saturated rings. The molecule has 0 amide bonds. The van der Waals surface area contributed by atoms with E-state index in [4.69, 9.17) is 9.47 Å². The lowest BCUT2D eigenvalue weighted by Gasteiger charge is -2.04. The van der Waals surface area contributed by atoms with E-state index in [9.17, 15) is 0 Å². The van der Waals surface area contributed by atoms with Gasteiger partial charge in [-0.25, -0.2) is 4.98 Å². The number of methoxy groups -OCH3 is 1. The maximum absolute atomic E-state index is 5.80. The number of thiazole rings is 1. The number of nitrogens with zero attached hydrogens (tertiary/aromatic N) is 1. The van der Waals surface area contributed by atoms with Crippen molar-refractivity contribution in [2.75, 3.05) is 14.2 Å². The Balaban J connectivity index is 1.99. The van der Waals surface area contributed by atoms with Crippen molar-refractivity contribution in [2.24, 2.45) is 0 Å². The fourth-order valence-electron chi connectivity index (χ4n) is 2.01. The molecule has 1 aromatic heterocycles. The molecule has 0 saturated carbocycles. The van der Waals surface area contributed by atoms with Crippen molar-refractivity contribution in [2.45, 2.75) is 33.1 Å². The number of ether oxygens (including phenoxy) is 2. The zero-order valence-corrected chi connectivity index (χ0v) is 13.6. The first-order valence-electron chi connectivity index (χ1n) is 7.09. The maximum Gasteiger partial charge on any atom is 0.140 e. The van der Waals surface area contributed by atoms with E-state index in [-0.39, 0.29) is 0 Å². The monoisotopic (exact) mass is 306 g/mol.